The first kappa shape index (κ1) is 20.5. The third-order valence-electron chi connectivity index (χ3n) is 3.99. The van der Waals surface area contributed by atoms with Gasteiger partial charge in [-0.05, 0) is 56.9 Å². The molecule has 0 saturated carbocycles. The number of carbonyl (C=O) groups is 1. The molecule has 5 nitrogen and oxygen atoms in total. The third kappa shape index (κ3) is 6.46. The lowest BCUT2D eigenvalue weighted by Gasteiger charge is -2.10. The molecular weight excluding hydrogens is 342 g/mol. The molecule has 5 heteroatoms. The number of ketones is 1. The number of allylic oxidation sites excluding steroid dienone is 1. The predicted molar refractivity (Wildman–Crippen MR) is 108 cm³/mol. The molecule has 0 bridgehead atoms. The number of hydrogen-bond acceptors (Lipinski definition) is 5. The van der Waals surface area contributed by atoms with Gasteiger partial charge in [-0.3, -0.25) is 4.79 Å². The van der Waals surface area contributed by atoms with Gasteiger partial charge in [-0.15, -0.1) is 0 Å². The highest BCUT2D eigenvalue weighted by atomic mass is 16.5. The molecule has 0 spiro atoms. The van der Waals surface area contributed by atoms with E-state index in [-0.39, 0.29) is 5.78 Å². The maximum atomic E-state index is 12.5. The van der Waals surface area contributed by atoms with Gasteiger partial charge < -0.3 is 19.1 Å². The van der Waals surface area contributed by atoms with Crippen molar-refractivity contribution in [2.75, 3.05) is 41.5 Å². The van der Waals surface area contributed by atoms with Crippen LogP contribution in [0.1, 0.15) is 22.3 Å². The summed E-state index contributed by atoms with van der Waals surface area (Å²) in [4.78, 5) is 14.6. The van der Waals surface area contributed by atoms with Gasteiger partial charge in [0.15, 0.2) is 5.78 Å². The summed E-state index contributed by atoms with van der Waals surface area (Å²) in [7, 11) is 7.25. The normalized spacial score (nSPS) is 11.0. The lowest BCUT2D eigenvalue weighted by atomic mass is 10.1. The van der Waals surface area contributed by atoms with Crippen LogP contribution in [0.25, 0.3) is 6.08 Å². The monoisotopic (exact) mass is 369 g/mol. The van der Waals surface area contributed by atoms with Crippen molar-refractivity contribution in [1.29, 1.82) is 0 Å². The van der Waals surface area contributed by atoms with E-state index in [2.05, 4.69) is 4.90 Å². The molecular formula is C22H27NO4. The summed E-state index contributed by atoms with van der Waals surface area (Å²) in [5, 5.41) is 0. The number of rotatable bonds is 10. The lowest BCUT2D eigenvalue weighted by Crippen LogP contribution is -2.15. The molecule has 0 heterocycles. The Balaban J connectivity index is 2.03. The van der Waals surface area contributed by atoms with Gasteiger partial charge in [0.1, 0.15) is 17.2 Å². The van der Waals surface area contributed by atoms with Crippen LogP contribution in [0.2, 0.25) is 0 Å². The second-order valence-corrected chi connectivity index (χ2v) is 6.34. The minimum absolute atomic E-state index is 0.0911. The Kier molecular flexibility index (Phi) is 7.89. The van der Waals surface area contributed by atoms with Crippen molar-refractivity contribution in [1.82, 2.24) is 4.90 Å². The molecule has 0 aliphatic rings. The van der Waals surface area contributed by atoms with Crippen molar-refractivity contribution in [2.24, 2.45) is 0 Å². The molecule has 2 aromatic carbocycles. The van der Waals surface area contributed by atoms with Crippen molar-refractivity contribution in [3.8, 4) is 17.2 Å². The summed E-state index contributed by atoms with van der Waals surface area (Å²) in [5.74, 6) is 1.97. The Morgan fingerprint density at radius 3 is 2.56 bits per heavy atom. The van der Waals surface area contributed by atoms with Gasteiger partial charge in [0.2, 0.25) is 0 Å². The van der Waals surface area contributed by atoms with Crippen LogP contribution >= 0.6 is 0 Å². The second-order valence-electron chi connectivity index (χ2n) is 6.34. The van der Waals surface area contributed by atoms with Gasteiger partial charge in [-0.25, -0.2) is 0 Å². The van der Waals surface area contributed by atoms with Crippen molar-refractivity contribution in [3.63, 3.8) is 0 Å². The molecule has 0 amide bonds. The molecule has 0 atom stereocenters. The molecule has 0 N–H and O–H groups in total. The quantitative estimate of drug-likeness (QED) is 0.361. The average molecular weight is 369 g/mol. The summed E-state index contributed by atoms with van der Waals surface area (Å²) < 4.78 is 16.3. The van der Waals surface area contributed by atoms with Crippen molar-refractivity contribution < 1.29 is 19.0 Å². The van der Waals surface area contributed by atoms with Crippen molar-refractivity contribution in [3.05, 3.63) is 59.7 Å². The molecule has 0 fully saturated rings. The Morgan fingerprint density at radius 1 is 1.04 bits per heavy atom. The molecule has 0 aromatic heterocycles. The Hall–Kier alpha value is -2.79. The lowest BCUT2D eigenvalue weighted by molar-refractivity contribution is 0.104. The fourth-order valence-corrected chi connectivity index (χ4v) is 2.53. The predicted octanol–water partition coefficient (Wildman–Crippen LogP) is 3.93. The molecule has 144 valence electrons. The van der Waals surface area contributed by atoms with Gasteiger partial charge in [0.25, 0.3) is 0 Å². The fourth-order valence-electron chi connectivity index (χ4n) is 2.53. The largest absolute Gasteiger partial charge is 0.497 e. The molecule has 0 aliphatic carbocycles. The number of nitrogens with zero attached hydrogens (tertiary/aromatic N) is 1. The van der Waals surface area contributed by atoms with Crippen LogP contribution in [0.15, 0.2) is 48.5 Å². The number of benzene rings is 2. The zero-order valence-electron chi connectivity index (χ0n) is 16.4. The first-order valence-electron chi connectivity index (χ1n) is 8.85. The average Bonchev–Trinajstić information content (AvgIpc) is 2.69. The Morgan fingerprint density at radius 2 is 1.85 bits per heavy atom. The van der Waals surface area contributed by atoms with Gasteiger partial charge in [-0.2, -0.15) is 0 Å². The first-order chi connectivity index (χ1) is 13.0. The number of methoxy groups -OCH3 is 2. The van der Waals surface area contributed by atoms with Crippen LogP contribution < -0.4 is 14.2 Å². The zero-order chi connectivity index (χ0) is 19.6. The SMILES string of the molecule is COc1ccc(/C=C/C(=O)c2cccc(OCCCN(C)C)c2)c(OC)c1. The van der Waals surface area contributed by atoms with Crippen LogP contribution in [0.5, 0.6) is 17.2 Å². The zero-order valence-corrected chi connectivity index (χ0v) is 16.4. The maximum absolute atomic E-state index is 12.5. The van der Waals surface area contributed by atoms with Crippen LogP contribution in [-0.2, 0) is 0 Å². The van der Waals surface area contributed by atoms with E-state index in [0.29, 0.717) is 29.4 Å². The van der Waals surface area contributed by atoms with E-state index in [0.717, 1.165) is 18.5 Å². The summed E-state index contributed by atoms with van der Waals surface area (Å²) in [6.07, 6.45) is 4.21. The maximum Gasteiger partial charge on any atom is 0.185 e. The topological polar surface area (TPSA) is 48.0 Å². The molecule has 2 aromatic rings. The van der Waals surface area contributed by atoms with Crippen LogP contribution in [0, 0.1) is 0 Å². The summed E-state index contributed by atoms with van der Waals surface area (Å²) in [6.45, 7) is 1.58. The minimum atomic E-state index is -0.0911. The molecule has 27 heavy (non-hydrogen) atoms. The Bertz CT molecular complexity index is 784. The molecule has 0 aliphatic heterocycles. The van der Waals surface area contributed by atoms with E-state index in [1.54, 1.807) is 38.5 Å². The van der Waals surface area contributed by atoms with Gasteiger partial charge in [-0.1, -0.05) is 12.1 Å². The van der Waals surface area contributed by atoms with E-state index in [1.165, 1.54) is 6.08 Å². The highest BCUT2D eigenvalue weighted by Crippen LogP contribution is 2.25. The highest BCUT2D eigenvalue weighted by molar-refractivity contribution is 6.07. The van der Waals surface area contributed by atoms with E-state index in [9.17, 15) is 4.79 Å². The molecule has 0 radical (unpaired) electrons. The fraction of sp³-hybridized carbons (Fsp3) is 0.318. The molecule has 0 saturated heterocycles. The molecule has 0 unspecified atom stereocenters. The van der Waals surface area contributed by atoms with E-state index >= 15 is 0 Å². The third-order valence-corrected chi connectivity index (χ3v) is 3.99. The van der Waals surface area contributed by atoms with Crippen LogP contribution in [-0.4, -0.2) is 52.1 Å². The smallest absolute Gasteiger partial charge is 0.185 e. The number of ether oxygens (including phenoxy) is 3. The van der Waals surface area contributed by atoms with Crippen LogP contribution in [0.3, 0.4) is 0 Å². The summed E-state index contributed by atoms with van der Waals surface area (Å²) in [6, 6.07) is 12.7. The van der Waals surface area contributed by atoms with E-state index < -0.39 is 0 Å². The van der Waals surface area contributed by atoms with E-state index in [4.69, 9.17) is 14.2 Å². The standard InChI is InChI=1S/C22H27NO4/c1-23(2)13-6-14-27-20-8-5-7-18(15-20)21(24)12-10-17-9-11-19(25-3)16-22(17)26-4/h5,7-12,15-16H,6,13-14H2,1-4H3/b12-10+. The van der Waals surface area contributed by atoms with Gasteiger partial charge >= 0.3 is 0 Å². The summed E-state index contributed by atoms with van der Waals surface area (Å²) >= 11 is 0. The Labute approximate surface area is 161 Å². The molecule has 2 rings (SSSR count). The minimum Gasteiger partial charge on any atom is -0.497 e. The first-order valence-corrected chi connectivity index (χ1v) is 8.85. The number of carbonyl (C=O) groups excluding carboxylic acids is 1. The van der Waals surface area contributed by atoms with Gasteiger partial charge in [0.05, 0.1) is 20.8 Å². The highest BCUT2D eigenvalue weighted by Gasteiger charge is 2.06. The summed E-state index contributed by atoms with van der Waals surface area (Å²) in [5.41, 5.74) is 1.39. The van der Waals surface area contributed by atoms with Crippen LogP contribution in [0.4, 0.5) is 0 Å². The van der Waals surface area contributed by atoms with Gasteiger partial charge in [0, 0.05) is 23.7 Å². The second kappa shape index (κ2) is 10.4. The van der Waals surface area contributed by atoms with Crippen molar-refractivity contribution >= 4 is 11.9 Å². The van der Waals surface area contributed by atoms with E-state index in [1.807, 2.05) is 38.4 Å². The number of hydrogen-bond donors (Lipinski definition) is 0. The van der Waals surface area contributed by atoms with Crippen molar-refractivity contribution in [2.45, 2.75) is 6.42 Å².